The van der Waals surface area contributed by atoms with E-state index in [9.17, 15) is 14.7 Å². The van der Waals surface area contributed by atoms with Crippen molar-refractivity contribution in [2.24, 2.45) is 0 Å². The maximum absolute atomic E-state index is 12.0. The second kappa shape index (κ2) is 9.16. The number of aliphatic hydroxyl groups excluding tert-OH is 1. The van der Waals surface area contributed by atoms with Crippen LogP contribution in [0.2, 0.25) is 0 Å². The molecule has 0 aliphatic carbocycles. The number of nitrogens with one attached hydrogen (secondary N) is 3. The Hall–Kier alpha value is -3.06. The van der Waals surface area contributed by atoms with E-state index in [2.05, 4.69) is 16.2 Å². The lowest BCUT2D eigenvalue weighted by atomic mass is 10.2. The van der Waals surface area contributed by atoms with Crippen molar-refractivity contribution in [2.75, 3.05) is 12.0 Å². The van der Waals surface area contributed by atoms with Gasteiger partial charge in [0.1, 0.15) is 12.6 Å². The fraction of sp³-hybridized carbons (Fsp3) is 0.176. The lowest BCUT2D eigenvalue weighted by Crippen LogP contribution is -2.50. The first-order valence-electron chi connectivity index (χ1n) is 7.38. The fourth-order valence-corrected chi connectivity index (χ4v) is 1.84. The number of hydrogen-bond acceptors (Lipinski definition) is 5. The van der Waals surface area contributed by atoms with Crippen molar-refractivity contribution in [2.45, 2.75) is 12.6 Å². The Labute approximate surface area is 139 Å². The molecule has 24 heavy (non-hydrogen) atoms. The van der Waals surface area contributed by atoms with Gasteiger partial charge in [-0.15, -0.1) is 0 Å². The van der Waals surface area contributed by atoms with Crippen LogP contribution in [0, 0.1) is 0 Å². The molecule has 0 saturated heterocycles. The van der Waals surface area contributed by atoms with Crippen molar-refractivity contribution in [3.8, 4) is 0 Å². The number of carbonyl (C=O) groups is 2. The second-order valence-electron chi connectivity index (χ2n) is 4.92. The quantitative estimate of drug-likeness (QED) is 0.576. The van der Waals surface area contributed by atoms with E-state index in [1.54, 1.807) is 24.3 Å². The van der Waals surface area contributed by atoms with Gasteiger partial charge in [-0.25, -0.2) is 4.79 Å². The Balaban J connectivity index is 1.77. The van der Waals surface area contributed by atoms with Crippen LogP contribution < -0.4 is 16.2 Å². The van der Waals surface area contributed by atoms with Crippen LogP contribution in [0.15, 0.2) is 60.7 Å². The van der Waals surface area contributed by atoms with Crippen molar-refractivity contribution in [3.63, 3.8) is 0 Å². The van der Waals surface area contributed by atoms with E-state index < -0.39 is 24.6 Å². The lowest BCUT2D eigenvalue weighted by Gasteiger charge is -2.17. The fourth-order valence-electron chi connectivity index (χ4n) is 1.84. The van der Waals surface area contributed by atoms with E-state index in [0.29, 0.717) is 5.69 Å². The number of carbonyl (C=O) groups excluding carboxylic acids is 2. The molecular formula is C17H19N3O4. The summed E-state index contributed by atoms with van der Waals surface area (Å²) in [5.74, 6) is -0.585. The molecule has 2 aromatic carbocycles. The summed E-state index contributed by atoms with van der Waals surface area (Å²) in [7, 11) is 0. The molecule has 0 unspecified atom stereocenters. The zero-order valence-corrected chi connectivity index (χ0v) is 12.9. The van der Waals surface area contributed by atoms with E-state index in [1.165, 1.54) is 0 Å². The SMILES string of the molecule is O=C(N[C@@H](CO)C(=O)NNc1ccccc1)OCc1ccccc1. The predicted molar refractivity (Wildman–Crippen MR) is 88.8 cm³/mol. The number of hydrazine groups is 1. The third-order valence-electron chi connectivity index (χ3n) is 3.11. The van der Waals surface area contributed by atoms with E-state index >= 15 is 0 Å². The van der Waals surface area contributed by atoms with Gasteiger partial charge in [-0.3, -0.25) is 15.6 Å². The van der Waals surface area contributed by atoms with E-state index in [4.69, 9.17) is 4.74 Å². The highest BCUT2D eigenvalue weighted by Gasteiger charge is 2.20. The number of benzene rings is 2. The Morgan fingerprint density at radius 3 is 2.25 bits per heavy atom. The van der Waals surface area contributed by atoms with Gasteiger partial charge in [0.15, 0.2) is 0 Å². The first-order chi connectivity index (χ1) is 11.7. The number of ether oxygens (including phenoxy) is 1. The summed E-state index contributed by atoms with van der Waals surface area (Å²) in [6.45, 7) is -0.475. The Kier molecular flexibility index (Phi) is 6.60. The molecule has 2 aromatic rings. The van der Waals surface area contributed by atoms with Gasteiger partial charge in [-0.2, -0.15) is 0 Å². The lowest BCUT2D eigenvalue weighted by molar-refractivity contribution is -0.123. The molecule has 0 heterocycles. The molecule has 0 aromatic heterocycles. The minimum Gasteiger partial charge on any atom is -0.445 e. The van der Waals surface area contributed by atoms with Crippen molar-refractivity contribution < 1.29 is 19.4 Å². The van der Waals surface area contributed by atoms with Gasteiger partial charge in [0, 0.05) is 0 Å². The molecule has 0 saturated carbocycles. The van der Waals surface area contributed by atoms with Gasteiger partial charge in [0.2, 0.25) is 0 Å². The van der Waals surface area contributed by atoms with E-state index in [1.807, 2.05) is 36.4 Å². The number of anilines is 1. The number of alkyl carbamates (subject to hydrolysis) is 1. The monoisotopic (exact) mass is 329 g/mol. The average molecular weight is 329 g/mol. The minimum atomic E-state index is -1.12. The highest BCUT2D eigenvalue weighted by molar-refractivity contribution is 5.86. The maximum atomic E-state index is 12.0. The largest absolute Gasteiger partial charge is 0.445 e. The highest BCUT2D eigenvalue weighted by Crippen LogP contribution is 2.03. The van der Waals surface area contributed by atoms with Gasteiger partial charge >= 0.3 is 6.09 Å². The first kappa shape index (κ1) is 17.3. The molecule has 2 rings (SSSR count). The molecule has 4 N–H and O–H groups in total. The Morgan fingerprint density at radius 1 is 1.00 bits per heavy atom. The first-order valence-corrected chi connectivity index (χ1v) is 7.38. The normalized spacial score (nSPS) is 11.2. The van der Waals surface area contributed by atoms with Gasteiger partial charge in [0.05, 0.1) is 12.3 Å². The third-order valence-corrected chi connectivity index (χ3v) is 3.11. The molecule has 126 valence electrons. The molecule has 0 spiro atoms. The number of amides is 2. The zero-order valence-electron chi connectivity index (χ0n) is 12.9. The third kappa shape index (κ3) is 5.62. The van der Waals surface area contributed by atoms with Gasteiger partial charge in [-0.1, -0.05) is 48.5 Å². The minimum absolute atomic E-state index is 0.0781. The van der Waals surface area contributed by atoms with Crippen molar-refractivity contribution in [1.29, 1.82) is 0 Å². The summed E-state index contributed by atoms with van der Waals surface area (Å²) in [6.07, 6.45) is -0.784. The predicted octanol–water partition coefficient (Wildman–Crippen LogP) is 1.42. The van der Waals surface area contributed by atoms with Crippen molar-refractivity contribution in [3.05, 3.63) is 66.2 Å². The van der Waals surface area contributed by atoms with E-state index in [-0.39, 0.29) is 6.61 Å². The molecule has 1 atom stereocenters. The molecule has 0 aliphatic rings. The summed E-state index contributed by atoms with van der Waals surface area (Å²) in [5, 5.41) is 11.6. The maximum Gasteiger partial charge on any atom is 0.408 e. The van der Waals surface area contributed by atoms with Crippen LogP contribution >= 0.6 is 0 Å². The van der Waals surface area contributed by atoms with E-state index in [0.717, 1.165) is 5.56 Å². The molecule has 7 heteroatoms. The second-order valence-corrected chi connectivity index (χ2v) is 4.92. The summed E-state index contributed by atoms with van der Waals surface area (Å²) in [4.78, 5) is 23.7. The molecule has 0 aliphatic heterocycles. The zero-order chi connectivity index (χ0) is 17.2. The van der Waals surface area contributed by atoms with Crippen LogP contribution in [0.5, 0.6) is 0 Å². The smallest absolute Gasteiger partial charge is 0.408 e. The van der Waals surface area contributed by atoms with Crippen LogP contribution in [0.3, 0.4) is 0 Å². The summed E-state index contributed by atoms with van der Waals surface area (Å²) >= 11 is 0. The molecule has 2 amide bonds. The van der Waals surface area contributed by atoms with Crippen LogP contribution in [-0.2, 0) is 16.1 Å². The molecular weight excluding hydrogens is 310 g/mol. The number of hydrogen-bond donors (Lipinski definition) is 4. The van der Waals surface area contributed by atoms with Gasteiger partial charge in [-0.05, 0) is 17.7 Å². The van der Waals surface area contributed by atoms with Crippen LogP contribution in [0.4, 0.5) is 10.5 Å². The number of aliphatic hydroxyl groups is 1. The Bertz CT molecular complexity index is 649. The molecule has 0 bridgehead atoms. The van der Waals surface area contributed by atoms with Crippen LogP contribution in [0.1, 0.15) is 5.56 Å². The standard InChI is InChI=1S/C17H19N3O4/c21-11-15(16(22)20-19-14-9-5-2-6-10-14)18-17(23)24-12-13-7-3-1-4-8-13/h1-10,15,19,21H,11-12H2,(H,18,23)(H,20,22)/t15-/m0/s1. The number of rotatable bonds is 7. The van der Waals surface area contributed by atoms with Gasteiger partial charge < -0.3 is 15.2 Å². The van der Waals surface area contributed by atoms with Crippen molar-refractivity contribution >= 4 is 17.7 Å². The van der Waals surface area contributed by atoms with Crippen LogP contribution in [0.25, 0.3) is 0 Å². The summed E-state index contributed by atoms with van der Waals surface area (Å²) in [5.41, 5.74) is 6.60. The number of para-hydroxylation sites is 1. The van der Waals surface area contributed by atoms with Gasteiger partial charge in [0.25, 0.3) is 5.91 Å². The highest BCUT2D eigenvalue weighted by atomic mass is 16.5. The van der Waals surface area contributed by atoms with Crippen LogP contribution in [-0.4, -0.2) is 29.8 Å². The average Bonchev–Trinajstić information content (AvgIpc) is 2.64. The summed E-state index contributed by atoms with van der Waals surface area (Å²) in [6, 6.07) is 17.0. The molecule has 0 radical (unpaired) electrons. The molecule has 0 fully saturated rings. The Morgan fingerprint density at radius 2 is 1.62 bits per heavy atom. The molecule has 7 nitrogen and oxygen atoms in total. The topological polar surface area (TPSA) is 99.7 Å². The summed E-state index contributed by atoms with van der Waals surface area (Å²) < 4.78 is 5.01. The van der Waals surface area contributed by atoms with Crippen molar-refractivity contribution in [1.82, 2.24) is 10.7 Å².